The van der Waals surface area contributed by atoms with Crippen molar-refractivity contribution in [2.45, 2.75) is 30.5 Å². The Morgan fingerprint density at radius 2 is 1.05 bits per heavy atom. The molecule has 0 radical (unpaired) electrons. The van der Waals surface area contributed by atoms with Crippen molar-refractivity contribution in [3.05, 3.63) is 149 Å². The van der Waals surface area contributed by atoms with Crippen LogP contribution in [-0.2, 0) is 26.9 Å². The molecule has 4 aromatic carbocycles. The first-order chi connectivity index (χ1) is 16.9. The minimum atomic E-state index is -2.58. The van der Waals surface area contributed by atoms with Crippen molar-refractivity contribution in [2.24, 2.45) is 0 Å². The van der Waals surface area contributed by atoms with E-state index in [0.717, 1.165) is 6.42 Å². The first kappa shape index (κ1) is 32.4. The minimum absolute atomic E-state index is 0. The molecule has 0 saturated heterocycles. The largest absolute Gasteiger partial charge is 1.00 e. The van der Waals surface area contributed by atoms with Gasteiger partial charge in [-0.3, -0.25) is 0 Å². The Morgan fingerprint density at radius 1 is 0.605 bits per heavy atom. The van der Waals surface area contributed by atoms with Crippen LogP contribution in [0.5, 0.6) is 0 Å². The first-order valence-corrected chi connectivity index (χ1v) is 15.1. The summed E-state index contributed by atoms with van der Waals surface area (Å²) in [6, 6.07) is 38.9. The molecule has 38 heavy (non-hydrogen) atoms. The normalized spacial score (nSPS) is 16.1. The monoisotopic (exact) mass is 608 g/mol. The summed E-state index contributed by atoms with van der Waals surface area (Å²) in [5.74, 6) is 0. The summed E-state index contributed by atoms with van der Waals surface area (Å²) < 4.78 is -0.113. The van der Waals surface area contributed by atoms with Gasteiger partial charge in [0.05, 0.1) is 0 Å². The van der Waals surface area contributed by atoms with E-state index >= 15 is 0 Å². The molecular formula is C33H31Cl3SiTi. The van der Waals surface area contributed by atoms with E-state index in [2.05, 4.69) is 163 Å². The third kappa shape index (κ3) is 5.85. The average Bonchev–Trinajstić information content (AvgIpc) is 3.21. The topological polar surface area (TPSA) is 0 Å². The van der Waals surface area contributed by atoms with Crippen LogP contribution in [0.3, 0.4) is 0 Å². The Kier molecular flexibility index (Phi) is 11.5. The summed E-state index contributed by atoms with van der Waals surface area (Å²) in [5.41, 5.74) is 6.82. The van der Waals surface area contributed by atoms with Gasteiger partial charge in [-0.2, -0.15) is 0 Å². The Morgan fingerprint density at radius 3 is 1.47 bits per heavy atom. The second-order valence-electron chi connectivity index (χ2n) is 9.88. The van der Waals surface area contributed by atoms with Gasteiger partial charge in [0.25, 0.3) is 0 Å². The number of halogens is 3. The zero-order valence-electron chi connectivity index (χ0n) is 21.9. The van der Waals surface area contributed by atoms with Gasteiger partial charge in [0.1, 0.15) is 0 Å². The van der Waals surface area contributed by atoms with E-state index in [-0.39, 0.29) is 40.6 Å². The van der Waals surface area contributed by atoms with Crippen molar-refractivity contribution in [3.8, 4) is 0 Å². The molecule has 1 aliphatic rings. The predicted octanol–water partition coefficient (Wildman–Crippen LogP) is -2.92. The van der Waals surface area contributed by atoms with E-state index in [4.69, 9.17) is 0 Å². The van der Waals surface area contributed by atoms with Gasteiger partial charge in [0.2, 0.25) is 0 Å². The Balaban J connectivity index is 0.00000169. The number of benzene rings is 4. The van der Waals surface area contributed by atoms with Gasteiger partial charge in [-0.25, -0.2) is 0 Å². The molecule has 0 heterocycles. The molecule has 0 bridgehead atoms. The molecule has 0 amide bonds. The second kappa shape index (κ2) is 13.5. The maximum atomic E-state index is 2.50. The third-order valence-corrected chi connectivity index (χ3v) is 15.1. The zero-order valence-corrected chi connectivity index (χ0v) is 26.7. The molecule has 5 rings (SSSR count). The minimum Gasteiger partial charge on any atom is -1.00 e. The summed E-state index contributed by atoms with van der Waals surface area (Å²) in [7, 11) is -2.58. The van der Waals surface area contributed by atoms with E-state index < -0.39 is 8.07 Å². The smallest absolute Gasteiger partial charge is 1.00 e. The Hall–Kier alpha value is -1.84. The van der Waals surface area contributed by atoms with Crippen LogP contribution < -0.4 is 52.8 Å². The fraction of sp³-hybridized carbons (Fsp3) is 0.152. The van der Waals surface area contributed by atoms with E-state index in [1.807, 2.05) is 0 Å². The van der Waals surface area contributed by atoms with Gasteiger partial charge in [0.15, 0.2) is 0 Å². The van der Waals surface area contributed by atoms with Gasteiger partial charge in [-0.15, -0.1) is 0 Å². The third-order valence-electron chi connectivity index (χ3n) is 7.33. The van der Waals surface area contributed by atoms with Crippen LogP contribution in [0, 0.1) is 20.8 Å². The van der Waals surface area contributed by atoms with Gasteiger partial charge in [-0.1, -0.05) is 0 Å². The zero-order chi connectivity index (χ0) is 24.5. The number of hydrogen-bond acceptors (Lipinski definition) is 0. The van der Waals surface area contributed by atoms with Crippen molar-refractivity contribution in [1.82, 2.24) is 0 Å². The van der Waals surface area contributed by atoms with Crippen LogP contribution in [0.4, 0.5) is 0 Å². The van der Waals surface area contributed by atoms with Gasteiger partial charge in [0, 0.05) is 0 Å². The van der Waals surface area contributed by atoms with Crippen LogP contribution in [-0.4, -0.2) is 8.07 Å². The predicted molar refractivity (Wildman–Crippen MR) is 148 cm³/mol. The van der Waals surface area contributed by atoms with Crippen molar-refractivity contribution >= 4 is 23.6 Å². The Bertz CT molecular complexity index is 1320. The number of hydrogen-bond donors (Lipinski definition) is 0. The molecule has 1 aliphatic carbocycles. The molecule has 0 aliphatic heterocycles. The molecule has 192 valence electrons. The second-order valence-corrected chi connectivity index (χ2v) is 15.9. The summed E-state index contributed by atoms with van der Waals surface area (Å²) in [4.78, 5) is 0. The molecular weight excluding hydrogens is 579 g/mol. The van der Waals surface area contributed by atoms with Gasteiger partial charge in [-0.05, 0) is 0 Å². The van der Waals surface area contributed by atoms with Crippen LogP contribution >= 0.6 is 0 Å². The van der Waals surface area contributed by atoms with Gasteiger partial charge < -0.3 is 37.2 Å². The quantitative estimate of drug-likeness (QED) is 0.163. The van der Waals surface area contributed by atoms with Crippen LogP contribution in [0.15, 0.2) is 127 Å². The van der Waals surface area contributed by atoms with Crippen LogP contribution in [0.1, 0.15) is 22.3 Å². The molecule has 5 heteroatoms. The van der Waals surface area contributed by atoms with Crippen molar-refractivity contribution in [2.75, 3.05) is 0 Å². The summed E-state index contributed by atoms with van der Waals surface area (Å²) in [6.45, 7) is 6.67. The molecule has 0 aromatic heterocycles. The van der Waals surface area contributed by atoms with Crippen molar-refractivity contribution in [1.29, 1.82) is 0 Å². The maximum Gasteiger partial charge on any atom is -1.00 e. The average molecular weight is 610 g/mol. The molecule has 4 aromatic rings. The molecule has 1 atom stereocenters. The van der Waals surface area contributed by atoms with Crippen LogP contribution in [0.2, 0.25) is 3.34 Å². The molecule has 0 spiro atoms. The fourth-order valence-electron chi connectivity index (χ4n) is 5.75. The van der Waals surface area contributed by atoms with E-state index in [1.165, 1.54) is 43.4 Å². The van der Waals surface area contributed by atoms with Crippen molar-refractivity contribution in [3.63, 3.8) is 0 Å². The standard InChI is InChI=1S/C33H31Si.3ClH.Ti/c1-25-11-7-17-30(21-25)34(31-18-8-12-26(2)22-31,32-19-9-13-27(3)23-32)33-20-10-16-29(33)24-28-14-5-4-6-15-28;;;;/h4-23H,24H2,1-3H3;3*1H;/q;;;;+3/p-3. The van der Waals surface area contributed by atoms with Crippen molar-refractivity contribution < 1.29 is 57.7 Å². The molecule has 0 N–H and O–H groups in total. The number of rotatable bonds is 6. The van der Waals surface area contributed by atoms with E-state index in [9.17, 15) is 0 Å². The fourth-order valence-corrected chi connectivity index (χ4v) is 13.9. The van der Waals surface area contributed by atoms with E-state index in [0.29, 0.717) is 0 Å². The molecule has 0 fully saturated rings. The first-order valence-electron chi connectivity index (χ1n) is 12.3. The molecule has 1 unspecified atom stereocenters. The van der Waals surface area contributed by atoms with Crippen LogP contribution in [0.25, 0.3) is 0 Å². The number of allylic oxidation sites excluding steroid dienone is 4. The SMILES string of the molecule is Cc1cccc([Si](c2cccc(C)c2)(c2cccc(C)c2)[C]2([Ti+3])C=CC=C2Cc2ccccc2)c1.[Cl-].[Cl-].[Cl-]. The molecule has 0 saturated carbocycles. The number of aryl methyl sites for hydroxylation is 3. The maximum absolute atomic E-state index is 2.58. The Labute approximate surface area is 259 Å². The summed E-state index contributed by atoms with van der Waals surface area (Å²) in [6.07, 6.45) is 8.16. The molecule has 0 nitrogen and oxygen atoms in total. The summed E-state index contributed by atoms with van der Waals surface area (Å²) in [5, 5.41) is 4.42. The van der Waals surface area contributed by atoms with Gasteiger partial charge >= 0.3 is 224 Å². The van der Waals surface area contributed by atoms with E-state index in [1.54, 1.807) is 0 Å². The summed E-state index contributed by atoms with van der Waals surface area (Å²) >= 11 is 2.50.